The molecule has 0 N–H and O–H groups in total. The van der Waals surface area contributed by atoms with Crippen LogP contribution in [0.2, 0.25) is 0 Å². The fourth-order valence-electron chi connectivity index (χ4n) is 0.778. The van der Waals surface area contributed by atoms with Gasteiger partial charge in [0.25, 0.3) is 0 Å². The van der Waals surface area contributed by atoms with Crippen LogP contribution in [0.4, 0.5) is 0 Å². The van der Waals surface area contributed by atoms with Gasteiger partial charge in [0, 0.05) is 25.7 Å². The molecule has 0 aliphatic rings. The minimum absolute atomic E-state index is 0.154. The Morgan fingerprint density at radius 3 is 2.09 bits per heavy atom. The second kappa shape index (κ2) is 6.08. The predicted molar refractivity (Wildman–Crippen MR) is 44.1 cm³/mol. The lowest BCUT2D eigenvalue weighted by molar-refractivity contribution is -0.124. The topological polar surface area (TPSA) is 34.1 Å². The highest BCUT2D eigenvalue weighted by atomic mass is 16.1. The van der Waals surface area contributed by atoms with E-state index in [1.165, 1.54) is 0 Å². The van der Waals surface area contributed by atoms with Gasteiger partial charge in [-0.3, -0.25) is 9.59 Å². The third-order valence-corrected chi connectivity index (χ3v) is 1.53. The molecule has 0 aliphatic carbocycles. The molecule has 0 rings (SSSR count). The van der Waals surface area contributed by atoms with E-state index in [2.05, 4.69) is 6.92 Å². The van der Waals surface area contributed by atoms with Crippen LogP contribution in [-0.2, 0) is 9.59 Å². The molecule has 0 aromatic rings. The normalized spacial score (nSPS) is 9.64. The molecule has 0 aromatic carbocycles. The standard InChI is InChI=1S/C9H15O2/c1-3-5-9(11)7-6-8(10)4-2/h1,3-7H2,2H3. The monoisotopic (exact) mass is 155 g/mol. The number of rotatable bonds is 6. The van der Waals surface area contributed by atoms with Crippen molar-refractivity contribution in [2.45, 2.75) is 39.0 Å². The summed E-state index contributed by atoms with van der Waals surface area (Å²) < 4.78 is 0. The van der Waals surface area contributed by atoms with Crippen LogP contribution in [0, 0.1) is 6.92 Å². The van der Waals surface area contributed by atoms with Gasteiger partial charge in [-0.05, 0) is 6.42 Å². The van der Waals surface area contributed by atoms with E-state index in [0.29, 0.717) is 32.1 Å². The van der Waals surface area contributed by atoms with Crippen LogP contribution >= 0.6 is 0 Å². The van der Waals surface area contributed by atoms with Crippen molar-refractivity contribution in [2.75, 3.05) is 0 Å². The van der Waals surface area contributed by atoms with Crippen LogP contribution in [0.1, 0.15) is 39.0 Å². The largest absolute Gasteiger partial charge is 0.300 e. The molecular formula is C9H15O2. The van der Waals surface area contributed by atoms with Gasteiger partial charge in [-0.15, -0.1) is 0 Å². The minimum Gasteiger partial charge on any atom is -0.300 e. The van der Waals surface area contributed by atoms with Crippen molar-refractivity contribution < 1.29 is 9.59 Å². The zero-order chi connectivity index (χ0) is 8.69. The number of carbonyl (C=O) groups excluding carboxylic acids is 2. The first kappa shape index (κ1) is 10.3. The molecule has 11 heavy (non-hydrogen) atoms. The maximum Gasteiger partial charge on any atom is 0.133 e. The van der Waals surface area contributed by atoms with Crippen molar-refractivity contribution in [2.24, 2.45) is 0 Å². The predicted octanol–water partition coefficient (Wildman–Crippen LogP) is 1.93. The number of carbonyl (C=O) groups is 2. The molecule has 0 bridgehead atoms. The summed E-state index contributed by atoms with van der Waals surface area (Å²) in [7, 11) is 0. The van der Waals surface area contributed by atoms with Gasteiger partial charge < -0.3 is 0 Å². The Kier molecular flexibility index (Phi) is 5.71. The summed E-state index contributed by atoms with van der Waals surface area (Å²) in [5.74, 6) is 0.323. The Morgan fingerprint density at radius 1 is 1.09 bits per heavy atom. The molecule has 0 unspecified atom stereocenters. The Bertz CT molecular complexity index is 138. The number of hydrogen-bond acceptors (Lipinski definition) is 2. The van der Waals surface area contributed by atoms with Gasteiger partial charge in [0.1, 0.15) is 11.6 Å². The fourth-order valence-corrected chi connectivity index (χ4v) is 0.778. The Balaban J connectivity index is 3.38. The molecule has 0 aromatic heterocycles. The van der Waals surface area contributed by atoms with Gasteiger partial charge in [0.05, 0.1) is 0 Å². The highest BCUT2D eigenvalue weighted by Gasteiger charge is 2.03. The quantitative estimate of drug-likeness (QED) is 0.587. The lowest BCUT2D eigenvalue weighted by atomic mass is 10.1. The van der Waals surface area contributed by atoms with E-state index >= 15 is 0 Å². The summed E-state index contributed by atoms with van der Waals surface area (Å²) in [5.41, 5.74) is 0. The molecule has 0 atom stereocenters. The second-order valence-corrected chi connectivity index (χ2v) is 2.53. The molecule has 0 fully saturated rings. The SMILES string of the molecule is [CH2]CCC(=O)CCC(=O)CC. The molecule has 63 valence electrons. The van der Waals surface area contributed by atoms with E-state index in [9.17, 15) is 9.59 Å². The summed E-state index contributed by atoms with van der Waals surface area (Å²) in [6, 6.07) is 0. The molecule has 0 saturated heterocycles. The van der Waals surface area contributed by atoms with Crippen LogP contribution in [-0.4, -0.2) is 11.6 Å². The lowest BCUT2D eigenvalue weighted by Gasteiger charge is -1.96. The van der Waals surface area contributed by atoms with Gasteiger partial charge in [-0.2, -0.15) is 0 Å². The molecule has 0 saturated carbocycles. The van der Waals surface area contributed by atoms with Crippen molar-refractivity contribution in [3.8, 4) is 0 Å². The Hall–Kier alpha value is -0.660. The van der Waals surface area contributed by atoms with Gasteiger partial charge >= 0.3 is 0 Å². The van der Waals surface area contributed by atoms with Gasteiger partial charge in [-0.1, -0.05) is 13.8 Å². The van der Waals surface area contributed by atoms with Gasteiger partial charge in [-0.25, -0.2) is 0 Å². The maximum atomic E-state index is 10.9. The maximum absolute atomic E-state index is 10.9. The molecule has 2 nitrogen and oxygen atoms in total. The van der Waals surface area contributed by atoms with Crippen LogP contribution in [0.25, 0.3) is 0 Å². The Morgan fingerprint density at radius 2 is 1.64 bits per heavy atom. The van der Waals surface area contributed by atoms with Gasteiger partial charge in [0.2, 0.25) is 0 Å². The molecule has 1 radical (unpaired) electrons. The smallest absolute Gasteiger partial charge is 0.133 e. The molecule has 0 aliphatic heterocycles. The third kappa shape index (κ3) is 5.77. The van der Waals surface area contributed by atoms with E-state index in [1.807, 2.05) is 6.92 Å². The molecule has 0 heterocycles. The first-order valence-electron chi connectivity index (χ1n) is 4.03. The van der Waals surface area contributed by atoms with Crippen molar-refractivity contribution in [3.63, 3.8) is 0 Å². The van der Waals surface area contributed by atoms with E-state index < -0.39 is 0 Å². The minimum atomic E-state index is 0.154. The zero-order valence-electron chi connectivity index (χ0n) is 7.06. The van der Waals surface area contributed by atoms with E-state index in [0.717, 1.165) is 0 Å². The molecular weight excluding hydrogens is 140 g/mol. The van der Waals surface area contributed by atoms with Crippen molar-refractivity contribution in [1.82, 2.24) is 0 Å². The average molecular weight is 155 g/mol. The molecule has 0 amide bonds. The van der Waals surface area contributed by atoms with E-state index in [1.54, 1.807) is 0 Å². The average Bonchev–Trinajstić information content (AvgIpc) is 2.01. The van der Waals surface area contributed by atoms with E-state index in [4.69, 9.17) is 0 Å². The van der Waals surface area contributed by atoms with Gasteiger partial charge in [0.15, 0.2) is 0 Å². The summed E-state index contributed by atoms with van der Waals surface area (Å²) >= 11 is 0. The summed E-state index contributed by atoms with van der Waals surface area (Å²) in [6.07, 6.45) is 2.51. The first-order chi connectivity index (χ1) is 5.20. The second-order valence-electron chi connectivity index (χ2n) is 2.53. The highest BCUT2D eigenvalue weighted by molar-refractivity contribution is 5.85. The van der Waals surface area contributed by atoms with Crippen molar-refractivity contribution in [1.29, 1.82) is 0 Å². The van der Waals surface area contributed by atoms with Crippen LogP contribution < -0.4 is 0 Å². The third-order valence-electron chi connectivity index (χ3n) is 1.53. The van der Waals surface area contributed by atoms with Crippen molar-refractivity contribution >= 4 is 11.6 Å². The lowest BCUT2D eigenvalue weighted by Crippen LogP contribution is -2.02. The van der Waals surface area contributed by atoms with Crippen LogP contribution in [0.15, 0.2) is 0 Å². The fraction of sp³-hybridized carbons (Fsp3) is 0.667. The number of ketones is 2. The van der Waals surface area contributed by atoms with E-state index in [-0.39, 0.29) is 11.6 Å². The Labute approximate surface area is 68.0 Å². The summed E-state index contributed by atoms with van der Waals surface area (Å²) in [5, 5.41) is 0. The number of Topliss-reactive ketones (excluding diaryl/α,β-unsaturated/α-hetero) is 2. The van der Waals surface area contributed by atoms with Crippen molar-refractivity contribution in [3.05, 3.63) is 6.92 Å². The summed E-state index contributed by atoms with van der Waals surface area (Å²) in [4.78, 5) is 21.6. The van der Waals surface area contributed by atoms with Crippen LogP contribution in [0.5, 0.6) is 0 Å². The number of hydrogen-bond donors (Lipinski definition) is 0. The molecule has 0 spiro atoms. The first-order valence-corrected chi connectivity index (χ1v) is 4.03. The highest BCUT2D eigenvalue weighted by Crippen LogP contribution is 2.00. The molecule has 2 heteroatoms. The zero-order valence-corrected chi connectivity index (χ0v) is 7.06. The van der Waals surface area contributed by atoms with Crippen LogP contribution in [0.3, 0.4) is 0 Å². The summed E-state index contributed by atoms with van der Waals surface area (Å²) in [6.45, 7) is 5.38.